The van der Waals surface area contributed by atoms with Crippen LogP contribution in [0.5, 0.6) is 5.75 Å². The molecule has 0 unspecified atom stereocenters. The summed E-state index contributed by atoms with van der Waals surface area (Å²) in [5.41, 5.74) is -0.118. The van der Waals surface area contributed by atoms with Crippen LogP contribution in [-0.2, 0) is 9.53 Å². The Kier molecular flexibility index (Phi) is 5.74. The van der Waals surface area contributed by atoms with Crippen LogP contribution in [-0.4, -0.2) is 23.2 Å². The molecule has 6 nitrogen and oxygen atoms in total. The van der Waals surface area contributed by atoms with Crippen molar-refractivity contribution in [2.24, 2.45) is 0 Å². The number of fused-ring (bicyclic) bond motifs is 1. The first-order valence-corrected chi connectivity index (χ1v) is 10.0. The molecule has 7 heteroatoms. The molecule has 1 heterocycles. The summed E-state index contributed by atoms with van der Waals surface area (Å²) in [6.07, 6.45) is 0.341. The maximum Gasteiger partial charge on any atom is 0.412 e. The van der Waals surface area contributed by atoms with E-state index in [2.05, 4.69) is 5.32 Å². The van der Waals surface area contributed by atoms with E-state index >= 15 is 0 Å². The molecule has 0 bridgehead atoms. The highest BCUT2D eigenvalue weighted by Crippen LogP contribution is 2.45. The zero-order valence-corrected chi connectivity index (χ0v) is 17.9. The number of ether oxygens (including phenoxy) is 2. The van der Waals surface area contributed by atoms with Crippen molar-refractivity contribution < 1.29 is 23.5 Å². The molecule has 160 valence electrons. The van der Waals surface area contributed by atoms with Crippen molar-refractivity contribution in [1.82, 2.24) is 0 Å². The lowest BCUT2D eigenvalue weighted by molar-refractivity contribution is -0.135. The highest BCUT2D eigenvalue weighted by Gasteiger charge is 2.46. The van der Waals surface area contributed by atoms with Crippen LogP contribution in [0, 0.1) is 5.82 Å². The van der Waals surface area contributed by atoms with Gasteiger partial charge in [-0.15, -0.1) is 0 Å². The number of amides is 2. The van der Waals surface area contributed by atoms with Crippen molar-refractivity contribution in [3.63, 3.8) is 0 Å². The molecular weight excluding hydrogens is 387 g/mol. The van der Waals surface area contributed by atoms with Crippen LogP contribution in [0.2, 0.25) is 0 Å². The number of carbonyl (C=O) groups is 2. The van der Waals surface area contributed by atoms with E-state index in [4.69, 9.17) is 9.47 Å². The predicted molar refractivity (Wildman–Crippen MR) is 114 cm³/mol. The summed E-state index contributed by atoms with van der Waals surface area (Å²) in [5, 5.41) is 2.69. The Morgan fingerprint density at radius 3 is 2.33 bits per heavy atom. The average molecular weight is 414 g/mol. The van der Waals surface area contributed by atoms with Gasteiger partial charge in [-0.1, -0.05) is 13.8 Å². The van der Waals surface area contributed by atoms with Crippen LogP contribution in [0.1, 0.15) is 47.5 Å². The Morgan fingerprint density at radius 1 is 1.13 bits per heavy atom. The number of halogens is 1. The lowest BCUT2D eigenvalue weighted by Crippen LogP contribution is -2.54. The van der Waals surface area contributed by atoms with Gasteiger partial charge in [0.1, 0.15) is 17.2 Å². The Hall–Kier alpha value is -3.09. The SMILES string of the molecule is CCC1(CC)Oc2cc(NC(=O)OC(C)(C)C)ccc2N(c2ccc(F)cc2)C1=O. The lowest BCUT2D eigenvalue weighted by Gasteiger charge is -2.42. The van der Waals surface area contributed by atoms with E-state index in [0.717, 1.165) is 0 Å². The molecule has 0 fully saturated rings. The van der Waals surface area contributed by atoms with Gasteiger partial charge in [0.2, 0.25) is 0 Å². The molecule has 0 aliphatic carbocycles. The molecule has 0 saturated carbocycles. The van der Waals surface area contributed by atoms with E-state index in [-0.39, 0.29) is 11.7 Å². The number of rotatable bonds is 4. The number of nitrogens with zero attached hydrogens (tertiary/aromatic N) is 1. The fourth-order valence-electron chi connectivity index (χ4n) is 3.39. The molecule has 1 aliphatic rings. The standard InChI is InChI=1S/C23H27FN2O4/c1-6-23(7-2)20(27)26(17-11-8-15(24)9-12-17)18-13-10-16(14-19(18)29-23)25-21(28)30-22(3,4)5/h8-14H,6-7H2,1-5H3,(H,25,28). The van der Waals surface area contributed by atoms with E-state index < -0.39 is 17.3 Å². The Labute approximate surface area is 176 Å². The van der Waals surface area contributed by atoms with Crippen molar-refractivity contribution in [1.29, 1.82) is 0 Å². The smallest absolute Gasteiger partial charge is 0.412 e. The predicted octanol–water partition coefficient (Wildman–Crippen LogP) is 5.79. The van der Waals surface area contributed by atoms with Gasteiger partial charge in [0.25, 0.3) is 5.91 Å². The molecule has 30 heavy (non-hydrogen) atoms. The maximum absolute atomic E-state index is 13.4. The largest absolute Gasteiger partial charge is 0.475 e. The van der Waals surface area contributed by atoms with Crippen LogP contribution < -0.4 is 15.0 Å². The van der Waals surface area contributed by atoms with E-state index in [1.165, 1.54) is 12.1 Å². The fraction of sp³-hybridized carbons (Fsp3) is 0.391. The topological polar surface area (TPSA) is 67.9 Å². The molecular formula is C23H27FN2O4. The van der Waals surface area contributed by atoms with Gasteiger partial charge in [-0.25, -0.2) is 9.18 Å². The molecule has 2 amide bonds. The summed E-state index contributed by atoms with van der Waals surface area (Å²) >= 11 is 0. The Balaban J connectivity index is 2.02. The number of hydrogen-bond acceptors (Lipinski definition) is 4. The fourth-order valence-corrected chi connectivity index (χ4v) is 3.39. The third kappa shape index (κ3) is 4.25. The van der Waals surface area contributed by atoms with Gasteiger partial charge in [-0.2, -0.15) is 0 Å². The normalized spacial score (nSPS) is 15.3. The third-order valence-corrected chi connectivity index (χ3v) is 4.97. The monoisotopic (exact) mass is 414 g/mol. The zero-order valence-electron chi connectivity index (χ0n) is 17.9. The molecule has 2 aromatic carbocycles. The van der Waals surface area contributed by atoms with Gasteiger partial charge in [-0.05, 0) is 70.0 Å². The Bertz CT molecular complexity index is 947. The van der Waals surface area contributed by atoms with Crippen LogP contribution in [0.15, 0.2) is 42.5 Å². The van der Waals surface area contributed by atoms with Crippen LogP contribution >= 0.6 is 0 Å². The van der Waals surface area contributed by atoms with E-state index in [1.54, 1.807) is 56.0 Å². The number of hydrogen-bond donors (Lipinski definition) is 1. The summed E-state index contributed by atoms with van der Waals surface area (Å²) in [6, 6.07) is 10.8. The minimum absolute atomic E-state index is 0.209. The minimum atomic E-state index is -1.05. The zero-order chi connectivity index (χ0) is 22.1. The van der Waals surface area contributed by atoms with Crippen molar-refractivity contribution in [3.05, 3.63) is 48.3 Å². The molecule has 0 spiro atoms. The number of nitrogens with one attached hydrogen (secondary N) is 1. The Morgan fingerprint density at radius 2 is 1.77 bits per heavy atom. The van der Waals surface area contributed by atoms with Crippen LogP contribution in [0.4, 0.5) is 26.2 Å². The maximum atomic E-state index is 13.4. The summed E-state index contributed by atoms with van der Waals surface area (Å²) in [4.78, 5) is 27.1. The highest BCUT2D eigenvalue weighted by molar-refractivity contribution is 6.08. The van der Waals surface area contributed by atoms with Gasteiger partial charge in [0, 0.05) is 17.4 Å². The third-order valence-electron chi connectivity index (χ3n) is 4.97. The van der Waals surface area contributed by atoms with Gasteiger partial charge in [0.05, 0.1) is 5.69 Å². The van der Waals surface area contributed by atoms with Gasteiger partial charge >= 0.3 is 6.09 Å². The van der Waals surface area contributed by atoms with E-state index in [9.17, 15) is 14.0 Å². The summed E-state index contributed by atoms with van der Waals surface area (Å²) in [7, 11) is 0. The summed E-state index contributed by atoms with van der Waals surface area (Å²) in [5.74, 6) is -0.135. The quantitative estimate of drug-likeness (QED) is 0.688. The molecule has 0 radical (unpaired) electrons. The molecule has 1 N–H and O–H groups in total. The van der Waals surface area contributed by atoms with Crippen LogP contribution in [0.3, 0.4) is 0 Å². The van der Waals surface area contributed by atoms with Gasteiger partial charge in [0.15, 0.2) is 5.60 Å². The first-order chi connectivity index (χ1) is 14.1. The second kappa shape index (κ2) is 7.97. The average Bonchev–Trinajstić information content (AvgIpc) is 2.67. The second-order valence-corrected chi connectivity index (χ2v) is 8.23. The van der Waals surface area contributed by atoms with E-state index in [0.29, 0.717) is 35.7 Å². The highest BCUT2D eigenvalue weighted by atomic mass is 19.1. The molecule has 0 saturated heterocycles. The summed E-state index contributed by atoms with van der Waals surface area (Å²) in [6.45, 7) is 9.12. The van der Waals surface area contributed by atoms with Crippen molar-refractivity contribution in [2.45, 2.75) is 58.7 Å². The summed E-state index contributed by atoms with van der Waals surface area (Å²) < 4.78 is 24.9. The van der Waals surface area contributed by atoms with E-state index in [1.807, 2.05) is 13.8 Å². The van der Waals surface area contributed by atoms with Crippen LogP contribution in [0.25, 0.3) is 0 Å². The number of benzene rings is 2. The lowest BCUT2D eigenvalue weighted by atomic mass is 9.92. The van der Waals surface area contributed by atoms with Crippen molar-refractivity contribution in [2.75, 3.05) is 10.2 Å². The first kappa shape index (κ1) is 21.6. The van der Waals surface area contributed by atoms with Gasteiger partial charge < -0.3 is 9.47 Å². The molecule has 0 atom stereocenters. The van der Waals surface area contributed by atoms with Crippen molar-refractivity contribution in [3.8, 4) is 5.75 Å². The van der Waals surface area contributed by atoms with Crippen molar-refractivity contribution >= 4 is 29.1 Å². The minimum Gasteiger partial charge on any atom is -0.475 e. The van der Waals surface area contributed by atoms with Gasteiger partial charge in [-0.3, -0.25) is 15.0 Å². The molecule has 3 rings (SSSR count). The number of anilines is 3. The number of carbonyl (C=O) groups excluding carboxylic acids is 2. The molecule has 0 aromatic heterocycles. The molecule has 2 aromatic rings. The first-order valence-electron chi connectivity index (χ1n) is 10.0. The second-order valence-electron chi connectivity index (χ2n) is 8.23. The molecule has 1 aliphatic heterocycles.